The summed E-state index contributed by atoms with van der Waals surface area (Å²) >= 11 is 0. The lowest BCUT2D eigenvalue weighted by atomic mass is 10.0. The van der Waals surface area contributed by atoms with Crippen LogP contribution in [-0.2, 0) is 9.84 Å². The molecule has 0 aromatic heterocycles. The molecule has 33 heavy (non-hydrogen) atoms. The van der Waals surface area contributed by atoms with E-state index in [1.54, 1.807) is 23.1 Å². The molecule has 0 radical (unpaired) electrons. The van der Waals surface area contributed by atoms with Gasteiger partial charge in [-0.2, -0.15) is 0 Å². The van der Waals surface area contributed by atoms with Gasteiger partial charge < -0.3 is 9.80 Å². The molecule has 1 amide bonds. The van der Waals surface area contributed by atoms with Gasteiger partial charge in [0.25, 0.3) is 5.91 Å². The topological polar surface area (TPSA) is 74.8 Å². The van der Waals surface area contributed by atoms with Gasteiger partial charge >= 0.3 is 0 Å². The number of ketones is 1. The lowest BCUT2D eigenvalue weighted by molar-refractivity contribution is 0.0746. The quantitative estimate of drug-likeness (QED) is 0.457. The van der Waals surface area contributed by atoms with Gasteiger partial charge in [-0.25, -0.2) is 8.42 Å². The van der Waals surface area contributed by atoms with Gasteiger partial charge in [0.1, 0.15) is 0 Å². The molecule has 1 saturated heterocycles. The zero-order valence-electron chi connectivity index (χ0n) is 18.5. The summed E-state index contributed by atoms with van der Waals surface area (Å²) in [5, 5.41) is 0. The van der Waals surface area contributed by atoms with E-state index < -0.39 is 9.84 Å². The van der Waals surface area contributed by atoms with Gasteiger partial charge in [0.15, 0.2) is 5.78 Å². The van der Waals surface area contributed by atoms with Crippen molar-refractivity contribution < 1.29 is 18.0 Å². The number of carbonyl (C=O) groups is 2. The number of aryl methyl sites for hydroxylation is 1. The molecule has 2 aliphatic rings. The van der Waals surface area contributed by atoms with Crippen molar-refractivity contribution in [3.05, 3.63) is 88.5 Å². The Morgan fingerprint density at radius 2 is 1.52 bits per heavy atom. The summed E-state index contributed by atoms with van der Waals surface area (Å²) in [6, 6.07) is 16.8. The number of hydrogen-bond acceptors (Lipinski definition) is 5. The zero-order valence-corrected chi connectivity index (χ0v) is 19.4. The lowest BCUT2D eigenvalue weighted by Gasteiger charge is -2.37. The Labute approximate surface area is 193 Å². The highest BCUT2D eigenvalue weighted by Gasteiger charge is 2.35. The minimum atomic E-state index is -3.87. The van der Waals surface area contributed by atoms with Gasteiger partial charge in [-0.15, -0.1) is 0 Å². The third-order valence-electron chi connectivity index (χ3n) is 6.67. The highest BCUT2D eigenvalue weighted by molar-refractivity contribution is 7.91. The molecule has 0 N–H and O–H groups in total. The minimum absolute atomic E-state index is 0.00534. The van der Waals surface area contributed by atoms with Crippen molar-refractivity contribution in [3.63, 3.8) is 0 Å². The van der Waals surface area contributed by atoms with Gasteiger partial charge in [-0.3, -0.25) is 9.59 Å². The molecule has 0 saturated carbocycles. The molecule has 0 spiro atoms. The summed E-state index contributed by atoms with van der Waals surface area (Å²) in [4.78, 5) is 30.0. The first kappa shape index (κ1) is 21.4. The number of hydrogen-bond donors (Lipinski definition) is 0. The first-order valence-corrected chi connectivity index (χ1v) is 12.4. The maximum atomic E-state index is 13.2. The molecule has 6 nitrogen and oxygen atoms in total. The van der Waals surface area contributed by atoms with Crippen LogP contribution >= 0.6 is 0 Å². The van der Waals surface area contributed by atoms with Gasteiger partial charge in [0.05, 0.1) is 9.79 Å². The zero-order chi connectivity index (χ0) is 23.3. The third kappa shape index (κ3) is 3.43. The predicted molar refractivity (Wildman–Crippen MR) is 126 cm³/mol. The molecule has 2 heterocycles. The average Bonchev–Trinajstić information content (AvgIpc) is 2.84. The van der Waals surface area contributed by atoms with Crippen molar-refractivity contribution in [2.24, 2.45) is 0 Å². The standard InChI is InChI=1S/C26H24N2O4S/c1-17-6-5-8-22(18(17)2)27-12-14-28(15-13-27)26(30)19-10-11-21-24(16-19)33(31,32)23-9-4-3-7-20(23)25(21)29/h3-11,16H,12-15H2,1-2H3. The molecule has 0 unspecified atom stereocenters. The maximum Gasteiger partial charge on any atom is 0.254 e. The number of rotatable bonds is 2. The van der Waals surface area contributed by atoms with E-state index in [9.17, 15) is 18.0 Å². The number of amides is 1. The highest BCUT2D eigenvalue weighted by Crippen LogP contribution is 2.35. The summed E-state index contributed by atoms with van der Waals surface area (Å²) in [6.45, 7) is 6.67. The Morgan fingerprint density at radius 3 is 2.27 bits per heavy atom. The summed E-state index contributed by atoms with van der Waals surface area (Å²) in [7, 11) is -3.87. The van der Waals surface area contributed by atoms with Gasteiger partial charge in [0.2, 0.25) is 9.84 Å². The summed E-state index contributed by atoms with van der Waals surface area (Å²) < 4.78 is 26.3. The monoisotopic (exact) mass is 460 g/mol. The van der Waals surface area contributed by atoms with Gasteiger partial charge in [0, 0.05) is 48.6 Å². The van der Waals surface area contributed by atoms with Crippen molar-refractivity contribution in [1.29, 1.82) is 0 Å². The second kappa shape index (κ2) is 7.85. The van der Waals surface area contributed by atoms with Crippen LogP contribution in [0.2, 0.25) is 0 Å². The average molecular weight is 461 g/mol. The molecule has 168 valence electrons. The molecule has 0 bridgehead atoms. The number of benzene rings is 3. The van der Waals surface area contributed by atoms with Crippen molar-refractivity contribution in [2.45, 2.75) is 23.6 Å². The Hall–Kier alpha value is -3.45. The van der Waals surface area contributed by atoms with Crippen LogP contribution in [0.5, 0.6) is 0 Å². The Morgan fingerprint density at radius 1 is 0.818 bits per heavy atom. The molecule has 2 aliphatic heterocycles. The summed E-state index contributed by atoms with van der Waals surface area (Å²) in [5.74, 6) is -0.559. The lowest BCUT2D eigenvalue weighted by Crippen LogP contribution is -2.49. The Balaban J connectivity index is 1.39. The molecule has 0 atom stereocenters. The first-order chi connectivity index (χ1) is 15.8. The van der Waals surface area contributed by atoms with Crippen molar-refractivity contribution in [1.82, 2.24) is 4.90 Å². The largest absolute Gasteiger partial charge is 0.368 e. The minimum Gasteiger partial charge on any atom is -0.368 e. The van der Waals surface area contributed by atoms with Crippen molar-refractivity contribution in [3.8, 4) is 0 Å². The number of anilines is 1. The molecule has 3 aromatic carbocycles. The van der Waals surface area contributed by atoms with E-state index in [0.717, 1.165) is 0 Å². The molecular formula is C26H24N2O4S. The van der Waals surface area contributed by atoms with E-state index in [4.69, 9.17) is 0 Å². The van der Waals surface area contributed by atoms with E-state index in [1.807, 2.05) is 6.07 Å². The van der Waals surface area contributed by atoms with Crippen LogP contribution in [0.1, 0.15) is 37.4 Å². The second-order valence-electron chi connectivity index (χ2n) is 8.54. The first-order valence-electron chi connectivity index (χ1n) is 10.9. The van der Waals surface area contributed by atoms with E-state index in [0.29, 0.717) is 26.2 Å². The number of fused-ring (bicyclic) bond motifs is 2. The molecule has 7 heteroatoms. The Bertz CT molecular complexity index is 1400. The Kier molecular flexibility index (Phi) is 5.09. The predicted octanol–water partition coefficient (Wildman–Crippen LogP) is 3.64. The molecular weight excluding hydrogens is 436 g/mol. The molecule has 5 rings (SSSR count). The van der Waals surface area contributed by atoms with Crippen molar-refractivity contribution in [2.75, 3.05) is 31.1 Å². The molecule has 0 aliphatic carbocycles. The number of nitrogens with zero attached hydrogens (tertiary/aromatic N) is 2. The van der Waals surface area contributed by atoms with Crippen LogP contribution in [0.4, 0.5) is 5.69 Å². The maximum absolute atomic E-state index is 13.2. The van der Waals surface area contributed by atoms with E-state index in [-0.39, 0.29) is 38.2 Å². The number of carbonyl (C=O) groups excluding carboxylic acids is 2. The fourth-order valence-corrected chi connectivity index (χ4v) is 6.31. The molecule has 3 aromatic rings. The molecule has 1 fully saturated rings. The van der Waals surface area contributed by atoms with E-state index in [2.05, 4.69) is 30.9 Å². The van der Waals surface area contributed by atoms with Crippen LogP contribution in [0, 0.1) is 13.8 Å². The summed E-state index contributed by atoms with van der Waals surface area (Å²) in [5.41, 5.74) is 4.22. The van der Waals surface area contributed by atoms with E-state index in [1.165, 1.54) is 41.1 Å². The fourth-order valence-electron chi connectivity index (χ4n) is 4.63. The normalized spacial score (nSPS) is 16.8. The van der Waals surface area contributed by atoms with Crippen LogP contribution in [0.3, 0.4) is 0 Å². The van der Waals surface area contributed by atoms with Crippen LogP contribution < -0.4 is 4.90 Å². The van der Waals surface area contributed by atoms with Crippen molar-refractivity contribution >= 4 is 27.2 Å². The smallest absolute Gasteiger partial charge is 0.254 e. The fraction of sp³-hybridized carbons (Fsp3) is 0.231. The van der Waals surface area contributed by atoms with Gasteiger partial charge in [-0.05, 0) is 61.4 Å². The summed E-state index contributed by atoms with van der Waals surface area (Å²) in [6.07, 6.45) is 0. The van der Waals surface area contributed by atoms with Gasteiger partial charge in [-0.1, -0.05) is 24.3 Å². The van der Waals surface area contributed by atoms with E-state index >= 15 is 0 Å². The van der Waals surface area contributed by atoms with Crippen LogP contribution in [-0.4, -0.2) is 51.2 Å². The third-order valence-corrected chi connectivity index (χ3v) is 8.52. The second-order valence-corrected chi connectivity index (χ2v) is 10.4. The number of piperazine rings is 1. The number of sulfone groups is 1. The van der Waals surface area contributed by atoms with Crippen LogP contribution in [0.25, 0.3) is 0 Å². The SMILES string of the molecule is Cc1cccc(N2CCN(C(=O)c3ccc4c(c3)S(=O)(=O)c3ccccc3C4=O)CC2)c1C. The highest BCUT2D eigenvalue weighted by atomic mass is 32.2. The van der Waals surface area contributed by atoms with Crippen LogP contribution in [0.15, 0.2) is 70.5 Å².